The number of likely N-dealkylation sites (N-methyl/N-ethyl adjacent to an activating group) is 1. The van der Waals surface area contributed by atoms with Gasteiger partial charge in [0.1, 0.15) is 11.7 Å². The highest BCUT2D eigenvalue weighted by Crippen LogP contribution is 2.54. The molecule has 1 aromatic rings. The quantitative estimate of drug-likeness (QED) is 0.443. The van der Waals surface area contributed by atoms with E-state index in [-0.39, 0.29) is 17.7 Å². The summed E-state index contributed by atoms with van der Waals surface area (Å²) in [5.74, 6) is -9.49. The van der Waals surface area contributed by atoms with E-state index in [4.69, 9.17) is 5.73 Å². The number of allylic oxidation sites excluding steroid dienone is 1. The summed E-state index contributed by atoms with van der Waals surface area (Å²) in [6, 6.07) is 3.53. The van der Waals surface area contributed by atoms with Crippen molar-refractivity contribution >= 4 is 28.8 Å². The molecule has 7 atom stereocenters. The van der Waals surface area contributed by atoms with E-state index in [9.17, 15) is 34.5 Å². The normalized spacial score (nSPS) is 37.3. The molecule has 0 bridgehead atoms. The van der Waals surface area contributed by atoms with Gasteiger partial charge in [-0.25, -0.2) is 0 Å². The van der Waals surface area contributed by atoms with Gasteiger partial charge >= 0.3 is 0 Å². The van der Waals surface area contributed by atoms with Gasteiger partial charge in [0, 0.05) is 17.9 Å². The van der Waals surface area contributed by atoms with Crippen LogP contribution in [0.3, 0.4) is 0 Å². The van der Waals surface area contributed by atoms with Gasteiger partial charge in [0.2, 0.25) is 5.91 Å². The highest BCUT2D eigenvalue weighted by molar-refractivity contribution is 6.27. The number of carbonyl (C=O) groups is 4. The number of aliphatic hydroxyl groups excluding tert-OH is 1. The Bertz CT molecular complexity index is 1050. The fourth-order valence-electron chi connectivity index (χ4n) is 5.73. The summed E-state index contributed by atoms with van der Waals surface area (Å²) >= 11 is 0. The zero-order valence-electron chi connectivity index (χ0n) is 17.1. The maximum Gasteiger partial charge on any atom is 0.230 e. The third-order valence-corrected chi connectivity index (χ3v) is 7.13. The minimum atomic E-state index is -2.67. The van der Waals surface area contributed by atoms with Crippen molar-refractivity contribution in [2.45, 2.75) is 24.2 Å². The van der Waals surface area contributed by atoms with Gasteiger partial charge in [-0.05, 0) is 37.7 Å². The molecular weight excluding hydrogens is 404 g/mol. The van der Waals surface area contributed by atoms with Crippen LogP contribution in [0.25, 0.3) is 5.57 Å². The van der Waals surface area contributed by atoms with E-state index < -0.39 is 64.7 Å². The van der Waals surface area contributed by atoms with Crippen molar-refractivity contribution in [2.24, 2.45) is 29.4 Å². The molecule has 5 N–H and O–H groups in total. The molecule has 0 radical (unpaired) electrons. The van der Waals surface area contributed by atoms with Crippen LogP contribution in [0, 0.1) is 23.7 Å². The number of primary amides is 1. The highest BCUT2D eigenvalue weighted by atomic mass is 16.3. The Labute approximate surface area is 178 Å². The lowest BCUT2D eigenvalue weighted by Gasteiger charge is -2.55. The van der Waals surface area contributed by atoms with Crippen molar-refractivity contribution in [3.05, 3.63) is 35.9 Å². The Hall–Kier alpha value is -2.88. The van der Waals surface area contributed by atoms with E-state index >= 15 is 0 Å². The number of benzene rings is 1. The average Bonchev–Trinajstić information content (AvgIpc) is 2.68. The number of nitrogens with zero attached hydrogens (tertiary/aromatic N) is 1. The molecule has 3 aliphatic carbocycles. The lowest BCUT2D eigenvalue weighted by molar-refractivity contribution is -0.189. The van der Waals surface area contributed by atoms with E-state index in [0.29, 0.717) is 11.1 Å². The van der Waals surface area contributed by atoms with Gasteiger partial charge in [-0.15, -0.1) is 0 Å². The molecule has 9 heteroatoms. The first-order chi connectivity index (χ1) is 14.4. The zero-order chi connectivity index (χ0) is 23.0. The number of aromatic hydroxyl groups is 1. The second kappa shape index (κ2) is 6.81. The maximum atomic E-state index is 13.6. The number of fused-ring (bicyclic) bond motifs is 3. The second-order valence-electron chi connectivity index (χ2n) is 8.84. The number of phenols is 1. The Kier molecular flexibility index (Phi) is 4.69. The topological polar surface area (TPSA) is 158 Å². The lowest BCUT2D eigenvalue weighted by Crippen LogP contribution is -2.74. The first-order valence-electron chi connectivity index (χ1n) is 9.94. The predicted molar refractivity (Wildman–Crippen MR) is 108 cm³/mol. The van der Waals surface area contributed by atoms with Crippen LogP contribution in [0.15, 0.2) is 24.8 Å². The van der Waals surface area contributed by atoms with E-state index in [2.05, 4.69) is 6.58 Å². The molecule has 164 valence electrons. The molecule has 4 rings (SSSR count). The monoisotopic (exact) mass is 428 g/mol. The number of carbonyl (C=O) groups excluding carboxylic acids is 4. The van der Waals surface area contributed by atoms with Crippen molar-refractivity contribution in [3.8, 4) is 5.75 Å². The number of hydrogen-bond acceptors (Lipinski definition) is 8. The van der Waals surface area contributed by atoms with Crippen LogP contribution in [0.4, 0.5) is 0 Å². The molecule has 3 aliphatic rings. The van der Waals surface area contributed by atoms with Crippen molar-refractivity contribution in [2.75, 3.05) is 14.1 Å². The van der Waals surface area contributed by atoms with E-state index in [1.165, 1.54) is 11.0 Å². The van der Waals surface area contributed by atoms with Gasteiger partial charge in [0.15, 0.2) is 23.0 Å². The summed E-state index contributed by atoms with van der Waals surface area (Å²) in [7, 11) is 3.18. The number of amides is 1. The van der Waals surface area contributed by atoms with Gasteiger partial charge in [-0.3, -0.25) is 19.2 Å². The summed E-state index contributed by atoms with van der Waals surface area (Å²) < 4.78 is 0. The first kappa shape index (κ1) is 21.4. The number of hydrogen-bond donors (Lipinski definition) is 4. The molecule has 1 aromatic carbocycles. The van der Waals surface area contributed by atoms with E-state index in [1.54, 1.807) is 26.2 Å². The molecule has 2 fully saturated rings. The average molecular weight is 428 g/mol. The molecule has 31 heavy (non-hydrogen) atoms. The third kappa shape index (κ3) is 2.60. The van der Waals surface area contributed by atoms with Crippen molar-refractivity contribution < 1.29 is 34.5 Å². The molecule has 0 saturated heterocycles. The molecule has 0 aliphatic heterocycles. The number of rotatable bonds is 2. The Morgan fingerprint density at radius 1 is 1.23 bits per heavy atom. The van der Waals surface area contributed by atoms with Gasteiger partial charge < -0.3 is 26.0 Å². The number of aliphatic hydroxyl groups is 2. The fourth-order valence-corrected chi connectivity index (χ4v) is 5.73. The molecule has 1 amide bonds. The van der Waals surface area contributed by atoms with Crippen LogP contribution in [0.5, 0.6) is 5.75 Å². The zero-order valence-corrected chi connectivity index (χ0v) is 17.1. The minimum absolute atomic E-state index is 0.00368. The second-order valence-corrected chi connectivity index (χ2v) is 8.84. The number of phenolic OH excluding ortho intramolecular Hbond substituents is 1. The van der Waals surface area contributed by atoms with Crippen LogP contribution >= 0.6 is 0 Å². The van der Waals surface area contributed by atoms with Crippen LogP contribution in [0.1, 0.15) is 22.3 Å². The standard InChI is InChI=1S/C22H24N2O7/c1-8-9-5-4-6-12(25)13(9)17(26)14-10(8)7-11-16(24(2)3)18(27)15(21(23)30)20(29)22(11,31)19(14)28/h4-6,10-11,14-16,18,25,27,31H,1,7H2,2-3H3,(H2,23,30). The Morgan fingerprint density at radius 3 is 2.45 bits per heavy atom. The largest absolute Gasteiger partial charge is 0.507 e. The third-order valence-electron chi connectivity index (χ3n) is 7.13. The molecule has 2 saturated carbocycles. The van der Waals surface area contributed by atoms with Crippen LogP contribution in [-0.2, 0) is 14.4 Å². The van der Waals surface area contributed by atoms with E-state index in [0.717, 1.165) is 0 Å². The molecule has 7 unspecified atom stereocenters. The SMILES string of the molecule is C=C1c2cccc(O)c2C(=O)C2C(=O)C3(O)C(=O)C(C(N)=O)C(O)C(N(C)C)C3CC12. The minimum Gasteiger partial charge on any atom is -0.507 e. The summed E-state index contributed by atoms with van der Waals surface area (Å²) in [5.41, 5.74) is 3.41. The molecule has 0 heterocycles. The van der Waals surface area contributed by atoms with Gasteiger partial charge in [-0.2, -0.15) is 0 Å². The molecule has 0 aromatic heterocycles. The summed E-state index contributed by atoms with van der Waals surface area (Å²) in [6.07, 6.45) is -1.53. The fraction of sp³-hybridized carbons (Fsp3) is 0.455. The van der Waals surface area contributed by atoms with E-state index in [1.807, 2.05) is 0 Å². The lowest BCUT2D eigenvalue weighted by atomic mass is 9.51. The summed E-state index contributed by atoms with van der Waals surface area (Å²) in [5, 5.41) is 32.5. The smallest absolute Gasteiger partial charge is 0.230 e. The van der Waals surface area contributed by atoms with Crippen LogP contribution in [0.2, 0.25) is 0 Å². The molecule has 0 spiro atoms. The number of nitrogens with two attached hydrogens (primary N) is 1. The van der Waals surface area contributed by atoms with Crippen molar-refractivity contribution in [1.29, 1.82) is 0 Å². The summed E-state index contributed by atoms with van der Waals surface area (Å²) in [6.45, 7) is 4.03. The van der Waals surface area contributed by atoms with Gasteiger partial charge in [0.05, 0.1) is 17.6 Å². The Balaban J connectivity index is 1.91. The number of ketones is 3. The highest BCUT2D eigenvalue weighted by Gasteiger charge is 2.69. The van der Waals surface area contributed by atoms with Crippen LogP contribution in [-0.4, -0.2) is 75.3 Å². The van der Waals surface area contributed by atoms with Gasteiger partial charge in [0.25, 0.3) is 0 Å². The predicted octanol–water partition coefficient (Wildman–Crippen LogP) is -0.870. The van der Waals surface area contributed by atoms with Crippen molar-refractivity contribution in [1.82, 2.24) is 4.90 Å². The van der Waals surface area contributed by atoms with Crippen molar-refractivity contribution in [3.63, 3.8) is 0 Å². The maximum absolute atomic E-state index is 13.6. The summed E-state index contributed by atoms with van der Waals surface area (Å²) in [4.78, 5) is 53.5. The Morgan fingerprint density at radius 2 is 1.87 bits per heavy atom. The molecule has 9 nitrogen and oxygen atoms in total. The molecular formula is C22H24N2O7. The first-order valence-corrected chi connectivity index (χ1v) is 9.94. The number of Topliss-reactive ketones (excluding diaryl/α,β-unsaturated/α-hetero) is 3. The van der Waals surface area contributed by atoms with Gasteiger partial charge in [-0.1, -0.05) is 18.7 Å². The van der Waals surface area contributed by atoms with Crippen LogP contribution < -0.4 is 5.73 Å².